The number of aliphatic hydroxyl groups is 1. The predicted octanol–water partition coefficient (Wildman–Crippen LogP) is 1.68. The number of carbonyl (C=O) groups excluding carboxylic acids is 1. The van der Waals surface area contributed by atoms with E-state index in [1.807, 2.05) is 44.2 Å². The molecule has 0 radical (unpaired) electrons. The fourth-order valence-electron chi connectivity index (χ4n) is 2.65. The topological polar surface area (TPSA) is 92.9 Å². The minimum atomic E-state index is -0.961. The highest BCUT2D eigenvalue weighted by Gasteiger charge is 2.30. The molecule has 0 bridgehead atoms. The van der Waals surface area contributed by atoms with E-state index in [1.165, 1.54) is 4.68 Å². The fraction of sp³-hybridized carbons (Fsp3) is 0.556. The summed E-state index contributed by atoms with van der Waals surface area (Å²) in [6.07, 6.45) is 1.31. The molecule has 3 atom stereocenters. The third kappa shape index (κ3) is 4.85. The maximum atomic E-state index is 12.8. The van der Waals surface area contributed by atoms with Crippen LogP contribution in [0.3, 0.4) is 0 Å². The Morgan fingerprint density at radius 1 is 1.36 bits per heavy atom. The summed E-state index contributed by atoms with van der Waals surface area (Å²) in [4.78, 5) is 12.8. The molecule has 2 N–H and O–H groups in total. The molecule has 2 rings (SSSR count). The number of amides is 1. The zero-order valence-corrected chi connectivity index (χ0v) is 15.3. The van der Waals surface area contributed by atoms with Gasteiger partial charge in [-0.1, -0.05) is 50.6 Å². The Bertz CT molecular complexity index is 684. The molecule has 7 nitrogen and oxygen atoms in total. The number of benzene rings is 1. The predicted molar refractivity (Wildman–Crippen MR) is 94.8 cm³/mol. The van der Waals surface area contributed by atoms with Gasteiger partial charge in [0.25, 0.3) is 0 Å². The number of hydrogen-bond acceptors (Lipinski definition) is 5. The van der Waals surface area contributed by atoms with E-state index in [0.717, 1.165) is 12.0 Å². The molecule has 25 heavy (non-hydrogen) atoms. The van der Waals surface area contributed by atoms with Crippen LogP contribution in [0, 0.1) is 12.8 Å². The maximum Gasteiger partial charge on any atom is 0.245 e. The van der Waals surface area contributed by atoms with Crippen LogP contribution in [0.25, 0.3) is 0 Å². The molecule has 0 aliphatic rings. The van der Waals surface area contributed by atoms with Gasteiger partial charge in [-0.3, -0.25) is 4.79 Å². The Morgan fingerprint density at radius 2 is 2.04 bits per heavy atom. The lowest BCUT2D eigenvalue weighted by atomic mass is 9.88. The summed E-state index contributed by atoms with van der Waals surface area (Å²) in [6, 6.07) is 9.18. The first-order chi connectivity index (χ1) is 11.8. The van der Waals surface area contributed by atoms with Crippen molar-refractivity contribution in [2.75, 3.05) is 6.54 Å². The van der Waals surface area contributed by atoms with Gasteiger partial charge in [0.1, 0.15) is 11.9 Å². The van der Waals surface area contributed by atoms with E-state index in [9.17, 15) is 9.90 Å². The van der Waals surface area contributed by atoms with Crippen LogP contribution in [-0.2, 0) is 11.2 Å². The van der Waals surface area contributed by atoms with Crippen LogP contribution in [0.5, 0.6) is 0 Å². The summed E-state index contributed by atoms with van der Waals surface area (Å²) in [6.45, 7) is 7.69. The smallest absolute Gasteiger partial charge is 0.245 e. The van der Waals surface area contributed by atoms with Crippen molar-refractivity contribution in [3.05, 3.63) is 41.7 Å². The normalized spacial score (nSPS) is 16.0. The molecule has 136 valence electrons. The van der Waals surface area contributed by atoms with Crippen molar-refractivity contribution >= 4 is 5.91 Å². The first-order valence-corrected chi connectivity index (χ1v) is 8.63. The van der Waals surface area contributed by atoms with E-state index in [4.69, 9.17) is 0 Å². The molecule has 1 heterocycles. The molecule has 0 aliphatic carbocycles. The molecule has 0 fully saturated rings. The number of nitrogens with one attached hydrogen (secondary N) is 1. The van der Waals surface area contributed by atoms with Crippen LogP contribution in [-0.4, -0.2) is 43.4 Å². The summed E-state index contributed by atoms with van der Waals surface area (Å²) in [5.41, 5.74) is 0.0587. The number of aryl methyl sites for hydroxylation is 1. The van der Waals surface area contributed by atoms with E-state index in [-0.39, 0.29) is 18.4 Å². The zero-order chi connectivity index (χ0) is 18.4. The van der Waals surface area contributed by atoms with E-state index < -0.39 is 11.6 Å². The van der Waals surface area contributed by atoms with Crippen molar-refractivity contribution in [1.29, 1.82) is 0 Å². The Kier molecular flexibility index (Phi) is 6.25. The highest BCUT2D eigenvalue weighted by Crippen LogP contribution is 2.20. The SMILES string of the molecule is CCC(C)C(C)(O)CNC(=O)C(Cc1ccccc1)n1nnnc1C. The van der Waals surface area contributed by atoms with Crippen LogP contribution >= 0.6 is 0 Å². The number of nitrogens with zero attached hydrogens (tertiary/aromatic N) is 4. The van der Waals surface area contributed by atoms with Gasteiger partial charge in [0.15, 0.2) is 0 Å². The van der Waals surface area contributed by atoms with Gasteiger partial charge in [-0.05, 0) is 35.8 Å². The lowest BCUT2D eigenvalue weighted by Gasteiger charge is -2.30. The quantitative estimate of drug-likeness (QED) is 0.759. The second kappa shape index (κ2) is 8.20. The Labute approximate surface area is 148 Å². The molecule has 2 aromatic rings. The third-order valence-electron chi connectivity index (χ3n) is 4.82. The third-order valence-corrected chi connectivity index (χ3v) is 4.82. The van der Waals surface area contributed by atoms with Crippen molar-refractivity contribution in [3.8, 4) is 0 Å². The van der Waals surface area contributed by atoms with Gasteiger partial charge in [-0.15, -0.1) is 5.10 Å². The Hall–Kier alpha value is -2.28. The van der Waals surface area contributed by atoms with Crippen LogP contribution < -0.4 is 5.32 Å². The molecule has 3 unspecified atom stereocenters. The van der Waals surface area contributed by atoms with Crippen molar-refractivity contribution in [2.45, 2.75) is 52.2 Å². The van der Waals surface area contributed by atoms with Crippen molar-refractivity contribution in [3.63, 3.8) is 0 Å². The second-order valence-electron chi connectivity index (χ2n) is 6.76. The molecule has 0 saturated carbocycles. The standard InChI is InChI=1S/C18H27N5O2/c1-5-13(2)18(4,25)12-19-17(24)16(23-14(3)20-21-22-23)11-15-9-7-6-8-10-15/h6-10,13,16,25H,5,11-12H2,1-4H3,(H,19,24). The van der Waals surface area contributed by atoms with Gasteiger partial charge >= 0.3 is 0 Å². The molecule has 0 spiro atoms. The van der Waals surface area contributed by atoms with E-state index in [1.54, 1.807) is 13.8 Å². The first-order valence-electron chi connectivity index (χ1n) is 8.63. The zero-order valence-electron chi connectivity index (χ0n) is 15.3. The monoisotopic (exact) mass is 345 g/mol. The average molecular weight is 345 g/mol. The lowest BCUT2D eigenvalue weighted by molar-refractivity contribution is -0.126. The summed E-state index contributed by atoms with van der Waals surface area (Å²) in [7, 11) is 0. The van der Waals surface area contributed by atoms with Crippen molar-refractivity contribution < 1.29 is 9.90 Å². The van der Waals surface area contributed by atoms with E-state index in [2.05, 4.69) is 20.8 Å². The van der Waals surface area contributed by atoms with Crippen molar-refractivity contribution in [1.82, 2.24) is 25.5 Å². The molecule has 0 saturated heterocycles. The number of carbonyl (C=O) groups is 1. The van der Waals surface area contributed by atoms with Gasteiger partial charge in [0, 0.05) is 13.0 Å². The minimum absolute atomic E-state index is 0.0788. The van der Waals surface area contributed by atoms with Crippen LogP contribution in [0.4, 0.5) is 0 Å². The molecule has 0 aliphatic heterocycles. The second-order valence-corrected chi connectivity index (χ2v) is 6.76. The molecule has 1 amide bonds. The summed E-state index contributed by atoms with van der Waals surface area (Å²) >= 11 is 0. The molecule has 7 heteroatoms. The molecule has 1 aromatic carbocycles. The number of hydrogen-bond donors (Lipinski definition) is 2. The minimum Gasteiger partial charge on any atom is -0.388 e. The fourth-order valence-corrected chi connectivity index (χ4v) is 2.65. The molecule has 1 aromatic heterocycles. The van der Waals surface area contributed by atoms with Gasteiger partial charge < -0.3 is 10.4 Å². The van der Waals surface area contributed by atoms with Gasteiger partial charge in [0.2, 0.25) is 5.91 Å². The molecular weight excluding hydrogens is 318 g/mol. The number of aromatic nitrogens is 4. The van der Waals surface area contributed by atoms with Crippen LogP contribution in [0.1, 0.15) is 44.6 Å². The van der Waals surface area contributed by atoms with Gasteiger partial charge in [-0.2, -0.15) is 0 Å². The highest BCUT2D eigenvalue weighted by atomic mass is 16.3. The number of rotatable bonds is 8. The average Bonchev–Trinajstić information content (AvgIpc) is 3.03. The largest absolute Gasteiger partial charge is 0.388 e. The summed E-state index contributed by atoms with van der Waals surface area (Å²) in [5, 5.41) is 24.9. The lowest BCUT2D eigenvalue weighted by Crippen LogP contribution is -2.47. The van der Waals surface area contributed by atoms with Gasteiger partial charge in [0.05, 0.1) is 5.60 Å². The number of tetrazole rings is 1. The van der Waals surface area contributed by atoms with E-state index >= 15 is 0 Å². The van der Waals surface area contributed by atoms with Gasteiger partial charge in [-0.25, -0.2) is 4.68 Å². The Morgan fingerprint density at radius 3 is 2.60 bits per heavy atom. The molecular formula is C18H27N5O2. The van der Waals surface area contributed by atoms with Crippen molar-refractivity contribution in [2.24, 2.45) is 5.92 Å². The highest BCUT2D eigenvalue weighted by molar-refractivity contribution is 5.80. The van der Waals surface area contributed by atoms with E-state index in [0.29, 0.717) is 12.2 Å². The Balaban J connectivity index is 2.15. The summed E-state index contributed by atoms with van der Waals surface area (Å²) in [5.74, 6) is 0.447. The summed E-state index contributed by atoms with van der Waals surface area (Å²) < 4.78 is 1.53. The maximum absolute atomic E-state index is 12.8. The first kappa shape index (κ1) is 19.1. The van der Waals surface area contributed by atoms with Crippen LogP contribution in [0.2, 0.25) is 0 Å². The van der Waals surface area contributed by atoms with Crippen LogP contribution in [0.15, 0.2) is 30.3 Å².